The van der Waals surface area contributed by atoms with Gasteiger partial charge in [-0.2, -0.15) is 0 Å². The molecular weight excluding hydrogens is 324 g/mol. The molecule has 4 rings (SSSR count). The topological polar surface area (TPSA) is 63.4 Å². The standard InChI is InChI=1S/C21H30N4O/c1-14-12-25(13-15(2)26-14)20-8-3-16-10-21(23-11-17(16)9-20)24-19-6-4-18(22)5-7-19/h3,8-11,14-15,18-19H,4-7,12-13,22H2,1-2H3,(H,23,24). The third kappa shape index (κ3) is 3.94. The monoisotopic (exact) mass is 354 g/mol. The van der Waals surface area contributed by atoms with E-state index in [9.17, 15) is 0 Å². The average molecular weight is 354 g/mol. The second-order valence-electron chi connectivity index (χ2n) is 8.02. The first-order chi connectivity index (χ1) is 12.6. The third-order valence-electron chi connectivity index (χ3n) is 5.61. The lowest BCUT2D eigenvalue weighted by Crippen LogP contribution is -2.45. The largest absolute Gasteiger partial charge is 0.372 e. The van der Waals surface area contributed by atoms with Gasteiger partial charge in [0.15, 0.2) is 0 Å². The van der Waals surface area contributed by atoms with E-state index >= 15 is 0 Å². The predicted octanol–water partition coefficient (Wildman–Crippen LogP) is 3.53. The molecule has 140 valence electrons. The van der Waals surface area contributed by atoms with Crippen LogP contribution in [0.4, 0.5) is 11.5 Å². The van der Waals surface area contributed by atoms with E-state index in [1.807, 2.05) is 6.20 Å². The number of aromatic nitrogens is 1. The number of benzene rings is 1. The molecule has 2 atom stereocenters. The van der Waals surface area contributed by atoms with Crippen LogP contribution in [0.5, 0.6) is 0 Å². The lowest BCUT2D eigenvalue weighted by Gasteiger charge is -2.37. The molecule has 1 saturated carbocycles. The maximum Gasteiger partial charge on any atom is 0.126 e. The van der Waals surface area contributed by atoms with Crippen molar-refractivity contribution in [1.29, 1.82) is 0 Å². The molecule has 1 saturated heterocycles. The molecule has 2 fully saturated rings. The number of anilines is 2. The van der Waals surface area contributed by atoms with Gasteiger partial charge in [-0.15, -0.1) is 0 Å². The summed E-state index contributed by atoms with van der Waals surface area (Å²) < 4.78 is 5.85. The van der Waals surface area contributed by atoms with E-state index in [0.29, 0.717) is 12.1 Å². The van der Waals surface area contributed by atoms with Crippen LogP contribution in [-0.2, 0) is 4.74 Å². The first kappa shape index (κ1) is 17.6. The van der Waals surface area contributed by atoms with Gasteiger partial charge in [0, 0.05) is 42.4 Å². The van der Waals surface area contributed by atoms with Crippen molar-refractivity contribution in [2.24, 2.45) is 5.73 Å². The summed E-state index contributed by atoms with van der Waals surface area (Å²) in [5.41, 5.74) is 7.26. The summed E-state index contributed by atoms with van der Waals surface area (Å²) in [5.74, 6) is 0.972. The smallest absolute Gasteiger partial charge is 0.126 e. The highest BCUT2D eigenvalue weighted by Gasteiger charge is 2.22. The molecule has 5 heteroatoms. The molecule has 2 unspecified atom stereocenters. The maximum absolute atomic E-state index is 6.00. The van der Waals surface area contributed by atoms with Crippen LogP contribution >= 0.6 is 0 Å². The molecule has 0 amide bonds. The molecule has 26 heavy (non-hydrogen) atoms. The Hall–Kier alpha value is -1.85. The zero-order valence-electron chi connectivity index (χ0n) is 15.8. The van der Waals surface area contributed by atoms with Crippen molar-refractivity contribution in [3.8, 4) is 0 Å². The molecule has 2 heterocycles. The second kappa shape index (κ2) is 7.41. The number of morpholine rings is 1. The fraction of sp³-hybridized carbons (Fsp3) is 0.571. The van der Waals surface area contributed by atoms with Crippen molar-refractivity contribution < 1.29 is 4.74 Å². The van der Waals surface area contributed by atoms with Gasteiger partial charge in [0.1, 0.15) is 5.82 Å². The molecule has 3 N–H and O–H groups in total. The first-order valence-corrected chi connectivity index (χ1v) is 9.89. The third-order valence-corrected chi connectivity index (χ3v) is 5.61. The van der Waals surface area contributed by atoms with Crippen molar-refractivity contribution >= 4 is 22.3 Å². The number of fused-ring (bicyclic) bond motifs is 1. The Balaban J connectivity index is 1.49. The van der Waals surface area contributed by atoms with Gasteiger partial charge in [0.2, 0.25) is 0 Å². The van der Waals surface area contributed by atoms with Crippen LogP contribution < -0.4 is 16.0 Å². The number of nitrogens with two attached hydrogens (primary N) is 1. The maximum atomic E-state index is 6.00. The highest BCUT2D eigenvalue weighted by atomic mass is 16.5. The molecule has 0 spiro atoms. The lowest BCUT2D eigenvalue weighted by atomic mass is 9.92. The van der Waals surface area contributed by atoms with E-state index in [1.54, 1.807) is 0 Å². The summed E-state index contributed by atoms with van der Waals surface area (Å²) in [6.07, 6.45) is 6.99. The number of rotatable bonds is 3. The lowest BCUT2D eigenvalue weighted by molar-refractivity contribution is -0.00521. The van der Waals surface area contributed by atoms with Crippen LogP contribution in [0.2, 0.25) is 0 Å². The number of hydrogen-bond acceptors (Lipinski definition) is 5. The van der Waals surface area contributed by atoms with Crippen LogP contribution in [0.1, 0.15) is 39.5 Å². The van der Waals surface area contributed by atoms with E-state index in [4.69, 9.17) is 10.5 Å². The normalized spacial score (nSPS) is 29.7. The number of hydrogen-bond donors (Lipinski definition) is 2. The first-order valence-electron chi connectivity index (χ1n) is 9.89. The van der Waals surface area contributed by atoms with E-state index in [-0.39, 0.29) is 12.2 Å². The second-order valence-corrected chi connectivity index (χ2v) is 8.02. The van der Waals surface area contributed by atoms with Gasteiger partial charge in [-0.1, -0.05) is 6.07 Å². The van der Waals surface area contributed by atoms with Crippen LogP contribution in [0.3, 0.4) is 0 Å². The minimum absolute atomic E-state index is 0.266. The molecule has 1 aromatic carbocycles. The Kier molecular flexibility index (Phi) is 5.00. The number of nitrogens with one attached hydrogen (secondary N) is 1. The minimum atomic E-state index is 0.266. The summed E-state index contributed by atoms with van der Waals surface area (Å²) in [6, 6.07) is 9.71. The van der Waals surface area contributed by atoms with Gasteiger partial charge in [-0.25, -0.2) is 4.98 Å². The van der Waals surface area contributed by atoms with E-state index < -0.39 is 0 Å². The molecule has 2 aromatic rings. The van der Waals surface area contributed by atoms with Gasteiger partial charge in [-0.05, 0) is 63.1 Å². The molecule has 1 aliphatic heterocycles. The Morgan fingerprint density at radius 3 is 2.50 bits per heavy atom. The summed E-state index contributed by atoms with van der Waals surface area (Å²) in [4.78, 5) is 7.06. The predicted molar refractivity (Wildman–Crippen MR) is 108 cm³/mol. The zero-order valence-corrected chi connectivity index (χ0v) is 15.8. The summed E-state index contributed by atoms with van der Waals surface area (Å²) in [7, 11) is 0. The highest BCUT2D eigenvalue weighted by molar-refractivity contribution is 5.87. The van der Waals surface area contributed by atoms with Crippen LogP contribution in [0.15, 0.2) is 30.5 Å². The highest BCUT2D eigenvalue weighted by Crippen LogP contribution is 2.27. The zero-order chi connectivity index (χ0) is 18.1. The van der Waals surface area contributed by atoms with Gasteiger partial charge in [0.25, 0.3) is 0 Å². The average Bonchev–Trinajstić information content (AvgIpc) is 2.62. The molecule has 0 radical (unpaired) electrons. The van der Waals surface area contributed by atoms with Crippen molar-refractivity contribution in [3.05, 3.63) is 30.5 Å². The van der Waals surface area contributed by atoms with E-state index in [1.165, 1.54) is 16.5 Å². The van der Waals surface area contributed by atoms with E-state index in [0.717, 1.165) is 44.6 Å². The molecule has 2 aliphatic rings. The van der Waals surface area contributed by atoms with Crippen LogP contribution in [-0.4, -0.2) is 42.4 Å². The SMILES string of the molecule is CC1CN(c2ccc3cc(NC4CCC(N)CC4)ncc3c2)CC(C)O1. The minimum Gasteiger partial charge on any atom is -0.372 e. The summed E-state index contributed by atoms with van der Waals surface area (Å²) in [6.45, 7) is 6.15. The number of pyridine rings is 1. The number of ether oxygens (including phenoxy) is 1. The Morgan fingerprint density at radius 1 is 1.04 bits per heavy atom. The van der Waals surface area contributed by atoms with Crippen LogP contribution in [0.25, 0.3) is 10.8 Å². The van der Waals surface area contributed by atoms with Crippen molar-refractivity contribution in [2.75, 3.05) is 23.3 Å². The molecule has 1 aromatic heterocycles. The molecule has 5 nitrogen and oxygen atoms in total. The van der Waals surface area contributed by atoms with Gasteiger partial charge in [0.05, 0.1) is 12.2 Å². The van der Waals surface area contributed by atoms with Gasteiger partial charge >= 0.3 is 0 Å². The van der Waals surface area contributed by atoms with Crippen molar-refractivity contribution in [1.82, 2.24) is 4.98 Å². The fourth-order valence-electron chi connectivity index (χ4n) is 4.27. The van der Waals surface area contributed by atoms with Gasteiger partial charge < -0.3 is 20.7 Å². The molecule has 1 aliphatic carbocycles. The van der Waals surface area contributed by atoms with E-state index in [2.05, 4.69) is 53.3 Å². The Morgan fingerprint density at radius 2 is 1.77 bits per heavy atom. The summed E-state index contributed by atoms with van der Waals surface area (Å²) in [5, 5.41) is 6.00. The van der Waals surface area contributed by atoms with Crippen molar-refractivity contribution in [2.45, 2.75) is 63.8 Å². The fourth-order valence-corrected chi connectivity index (χ4v) is 4.27. The number of nitrogens with zero attached hydrogens (tertiary/aromatic N) is 2. The Labute approximate surface area is 155 Å². The Bertz CT molecular complexity index is 747. The summed E-state index contributed by atoms with van der Waals surface area (Å²) >= 11 is 0. The van der Waals surface area contributed by atoms with Gasteiger partial charge in [-0.3, -0.25) is 0 Å². The quantitative estimate of drug-likeness (QED) is 0.883. The van der Waals surface area contributed by atoms with Crippen LogP contribution in [0, 0.1) is 0 Å². The molecular formula is C21H30N4O. The molecule has 0 bridgehead atoms. The van der Waals surface area contributed by atoms with Crippen molar-refractivity contribution in [3.63, 3.8) is 0 Å².